The maximum atomic E-state index is 13.2. The Balaban J connectivity index is 1.71. The van der Waals surface area contributed by atoms with Crippen LogP contribution in [0.2, 0.25) is 0 Å². The first-order chi connectivity index (χ1) is 10.2. The van der Waals surface area contributed by atoms with Crippen LogP contribution in [0.15, 0.2) is 48.5 Å². The maximum absolute atomic E-state index is 13.2. The standard InChI is InChI=1S/C16H17FN2O2/c17-14-11-12(7-8-15(14)18)16(20)19-9-4-10-21-13-5-2-1-3-6-13/h1-3,5-8,11H,4,9-10,18H2,(H,19,20). The first kappa shape index (κ1) is 14.8. The molecule has 0 aliphatic heterocycles. The quantitative estimate of drug-likeness (QED) is 0.634. The molecule has 0 bridgehead atoms. The van der Waals surface area contributed by atoms with Crippen molar-refractivity contribution in [3.8, 4) is 5.75 Å². The summed E-state index contributed by atoms with van der Waals surface area (Å²) in [6, 6.07) is 13.5. The van der Waals surface area contributed by atoms with E-state index >= 15 is 0 Å². The molecule has 0 aromatic heterocycles. The number of carbonyl (C=O) groups excluding carboxylic acids is 1. The van der Waals surface area contributed by atoms with E-state index in [4.69, 9.17) is 10.5 Å². The van der Waals surface area contributed by atoms with Gasteiger partial charge in [-0.2, -0.15) is 0 Å². The molecule has 2 rings (SSSR count). The second kappa shape index (κ2) is 7.28. The predicted octanol–water partition coefficient (Wildman–Crippen LogP) is 2.61. The summed E-state index contributed by atoms with van der Waals surface area (Å²) < 4.78 is 18.7. The van der Waals surface area contributed by atoms with E-state index in [9.17, 15) is 9.18 Å². The summed E-state index contributed by atoms with van der Waals surface area (Å²) in [6.07, 6.45) is 0.665. The van der Waals surface area contributed by atoms with Gasteiger partial charge in [0, 0.05) is 12.1 Å². The molecule has 0 fully saturated rings. The average Bonchev–Trinajstić information content (AvgIpc) is 2.50. The molecule has 0 atom stereocenters. The minimum atomic E-state index is -0.588. The van der Waals surface area contributed by atoms with Crippen LogP contribution in [-0.4, -0.2) is 19.1 Å². The van der Waals surface area contributed by atoms with Gasteiger partial charge >= 0.3 is 0 Å². The van der Waals surface area contributed by atoms with Gasteiger partial charge in [0.2, 0.25) is 0 Å². The Morgan fingerprint density at radius 2 is 1.95 bits per heavy atom. The molecule has 2 aromatic rings. The van der Waals surface area contributed by atoms with Crippen LogP contribution in [0.3, 0.4) is 0 Å². The third kappa shape index (κ3) is 4.49. The third-order valence-electron chi connectivity index (χ3n) is 2.88. The van der Waals surface area contributed by atoms with Crippen LogP contribution in [0.4, 0.5) is 10.1 Å². The molecule has 110 valence electrons. The number of benzene rings is 2. The molecule has 2 aromatic carbocycles. The van der Waals surface area contributed by atoms with Gasteiger partial charge in [-0.1, -0.05) is 18.2 Å². The van der Waals surface area contributed by atoms with Crippen molar-refractivity contribution in [2.45, 2.75) is 6.42 Å². The number of carbonyl (C=O) groups is 1. The van der Waals surface area contributed by atoms with E-state index in [1.54, 1.807) is 0 Å². The zero-order valence-corrected chi connectivity index (χ0v) is 11.5. The number of rotatable bonds is 6. The smallest absolute Gasteiger partial charge is 0.251 e. The number of ether oxygens (including phenoxy) is 1. The van der Waals surface area contributed by atoms with Gasteiger partial charge < -0.3 is 15.8 Å². The van der Waals surface area contributed by atoms with Crippen LogP contribution >= 0.6 is 0 Å². The maximum Gasteiger partial charge on any atom is 0.251 e. The zero-order valence-electron chi connectivity index (χ0n) is 11.5. The normalized spacial score (nSPS) is 10.1. The third-order valence-corrected chi connectivity index (χ3v) is 2.88. The molecule has 1 amide bonds. The molecule has 0 heterocycles. The topological polar surface area (TPSA) is 64.4 Å². The van der Waals surface area contributed by atoms with Crippen LogP contribution in [0.5, 0.6) is 5.75 Å². The van der Waals surface area contributed by atoms with Gasteiger partial charge in [0.1, 0.15) is 11.6 Å². The summed E-state index contributed by atoms with van der Waals surface area (Å²) in [7, 11) is 0. The first-order valence-electron chi connectivity index (χ1n) is 6.68. The fourth-order valence-corrected chi connectivity index (χ4v) is 1.75. The summed E-state index contributed by atoms with van der Waals surface area (Å²) in [4.78, 5) is 11.8. The number of amides is 1. The highest BCUT2D eigenvalue weighted by Gasteiger charge is 2.07. The van der Waals surface area contributed by atoms with E-state index in [2.05, 4.69) is 5.32 Å². The SMILES string of the molecule is Nc1ccc(C(=O)NCCCOc2ccccc2)cc1F. The van der Waals surface area contributed by atoms with Crippen molar-refractivity contribution in [1.82, 2.24) is 5.32 Å². The number of hydrogen-bond acceptors (Lipinski definition) is 3. The second-order valence-electron chi connectivity index (χ2n) is 4.51. The Morgan fingerprint density at radius 3 is 2.67 bits per heavy atom. The predicted molar refractivity (Wildman–Crippen MR) is 79.7 cm³/mol. The van der Waals surface area contributed by atoms with Crippen molar-refractivity contribution in [1.29, 1.82) is 0 Å². The zero-order chi connectivity index (χ0) is 15.1. The van der Waals surface area contributed by atoms with Gasteiger partial charge in [0.15, 0.2) is 0 Å². The number of halogens is 1. The highest BCUT2D eigenvalue weighted by Crippen LogP contribution is 2.12. The highest BCUT2D eigenvalue weighted by atomic mass is 19.1. The van der Waals surface area contributed by atoms with E-state index in [0.717, 1.165) is 11.8 Å². The average molecular weight is 288 g/mol. The summed E-state index contributed by atoms with van der Waals surface area (Å²) >= 11 is 0. The van der Waals surface area contributed by atoms with E-state index < -0.39 is 5.82 Å². The highest BCUT2D eigenvalue weighted by molar-refractivity contribution is 5.94. The lowest BCUT2D eigenvalue weighted by Crippen LogP contribution is -2.25. The molecule has 0 saturated carbocycles. The molecule has 0 aliphatic rings. The molecule has 3 N–H and O–H groups in total. The number of nitrogen functional groups attached to an aromatic ring is 1. The fraction of sp³-hybridized carbons (Fsp3) is 0.188. The molecule has 21 heavy (non-hydrogen) atoms. The fourth-order valence-electron chi connectivity index (χ4n) is 1.75. The number of para-hydroxylation sites is 1. The summed E-state index contributed by atoms with van der Waals surface area (Å²) in [5, 5.41) is 2.71. The van der Waals surface area contributed by atoms with Crippen molar-refractivity contribution in [2.24, 2.45) is 0 Å². The van der Waals surface area contributed by atoms with Crippen LogP contribution < -0.4 is 15.8 Å². The van der Waals surface area contributed by atoms with Gasteiger partial charge in [-0.15, -0.1) is 0 Å². The van der Waals surface area contributed by atoms with Crippen molar-refractivity contribution < 1.29 is 13.9 Å². The number of hydrogen-bond donors (Lipinski definition) is 2. The largest absolute Gasteiger partial charge is 0.494 e. The van der Waals surface area contributed by atoms with Crippen LogP contribution in [-0.2, 0) is 0 Å². The molecule has 0 unspecified atom stereocenters. The Hall–Kier alpha value is -2.56. The molecule has 4 nitrogen and oxygen atoms in total. The minimum Gasteiger partial charge on any atom is -0.494 e. The second-order valence-corrected chi connectivity index (χ2v) is 4.51. The number of anilines is 1. The van der Waals surface area contributed by atoms with Crippen LogP contribution in [0.1, 0.15) is 16.8 Å². The summed E-state index contributed by atoms with van der Waals surface area (Å²) in [6.45, 7) is 0.956. The molecule has 0 radical (unpaired) electrons. The molecule has 5 heteroatoms. The molecule has 0 spiro atoms. The lowest BCUT2D eigenvalue weighted by molar-refractivity contribution is 0.0951. The Bertz CT molecular complexity index is 602. The van der Waals surface area contributed by atoms with Gasteiger partial charge in [0.25, 0.3) is 5.91 Å². The molecular formula is C16H17FN2O2. The summed E-state index contributed by atoms with van der Waals surface area (Å²) in [5.74, 6) is -0.117. The Kier molecular flexibility index (Phi) is 5.15. The number of nitrogens with one attached hydrogen (secondary N) is 1. The Morgan fingerprint density at radius 1 is 1.19 bits per heavy atom. The van der Waals surface area contributed by atoms with Crippen LogP contribution in [0, 0.1) is 5.82 Å². The van der Waals surface area contributed by atoms with Crippen molar-refractivity contribution in [2.75, 3.05) is 18.9 Å². The lowest BCUT2D eigenvalue weighted by atomic mass is 10.2. The van der Waals surface area contributed by atoms with E-state index in [1.165, 1.54) is 12.1 Å². The number of nitrogens with two attached hydrogens (primary N) is 1. The monoisotopic (exact) mass is 288 g/mol. The van der Waals surface area contributed by atoms with Gasteiger partial charge in [-0.25, -0.2) is 4.39 Å². The van der Waals surface area contributed by atoms with Gasteiger partial charge in [-0.05, 0) is 36.8 Å². The van der Waals surface area contributed by atoms with Crippen molar-refractivity contribution in [3.05, 3.63) is 59.9 Å². The lowest BCUT2D eigenvalue weighted by Gasteiger charge is -2.08. The summed E-state index contributed by atoms with van der Waals surface area (Å²) in [5.41, 5.74) is 5.65. The van der Waals surface area contributed by atoms with E-state index in [1.807, 2.05) is 30.3 Å². The molecule has 0 saturated heterocycles. The van der Waals surface area contributed by atoms with Crippen molar-refractivity contribution in [3.63, 3.8) is 0 Å². The van der Waals surface area contributed by atoms with Gasteiger partial charge in [-0.3, -0.25) is 4.79 Å². The van der Waals surface area contributed by atoms with Crippen molar-refractivity contribution >= 4 is 11.6 Å². The van der Waals surface area contributed by atoms with Gasteiger partial charge in [0.05, 0.1) is 12.3 Å². The van der Waals surface area contributed by atoms with Crippen LogP contribution in [0.25, 0.3) is 0 Å². The Labute approximate surface area is 122 Å². The first-order valence-corrected chi connectivity index (χ1v) is 6.68. The van der Waals surface area contributed by atoms with E-state index in [0.29, 0.717) is 19.6 Å². The minimum absolute atomic E-state index is 0.0304. The van der Waals surface area contributed by atoms with E-state index in [-0.39, 0.29) is 17.2 Å². The molecule has 0 aliphatic carbocycles. The molecular weight excluding hydrogens is 271 g/mol.